The lowest BCUT2D eigenvalue weighted by molar-refractivity contribution is -0.132. The number of hydrogen-bond donors (Lipinski definition) is 2. The summed E-state index contributed by atoms with van der Waals surface area (Å²) in [6.07, 6.45) is 2.28. The molecule has 2 aliphatic heterocycles. The molecule has 8 nitrogen and oxygen atoms in total. The molecule has 0 bridgehead atoms. The molecule has 3 aromatic rings. The van der Waals surface area contributed by atoms with Gasteiger partial charge in [0.05, 0.1) is 25.8 Å². The molecular weight excluding hydrogens is 472 g/mol. The van der Waals surface area contributed by atoms with Crippen molar-refractivity contribution in [3.05, 3.63) is 83.4 Å². The van der Waals surface area contributed by atoms with Crippen molar-refractivity contribution in [1.29, 1.82) is 0 Å². The molecular formula is C29H28N2O6. The molecule has 1 unspecified atom stereocenters. The van der Waals surface area contributed by atoms with Crippen LogP contribution >= 0.6 is 0 Å². The highest BCUT2D eigenvalue weighted by Gasteiger charge is 2.47. The molecule has 0 spiro atoms. The van der Waals surface area contributed by atoms with Gasteiger partial charge in [-0.1, -0.05) is 18.2 Å². The maximum absolute atomic E-state index is 13.5. The summed E-state index contributed by atoms with van der Waals surface area (Å²) < 4.78 is 10.9. The van der Waals surface area contributed by atoms with Crippen molar-refractivity contribution in [2.75, 3.05) is 37.1 Å². The van der Waals surface area contributed by atoms with E-state index in [2.05, 4.69) is 4.90 Å². The summed E-state index contributed by atoms with van der Waals surface area (Å²) in [6.45, 7) is 1.97. The Hall–Kier alpha value is -4.46. The van der Waals surface area contributed by atoms with Crippen LogP contribution in [0.2, 0.25) is 0 Å². The first-order valence-corrected chi connectivity index (χ1v) is 12.1. The summed E-state index contributed by atoms with van der Waals surface area (Å²) in [5.74, 6) is -1.36. The van der Waals surface area contributed by atoms with Crippen molar-refractivity contribution < 1.29 is 29.3 Å². The Morgan fingerprint density at radius 2 is 1.41 bits per heavy atom. The van der Waals surface area contributed by atoms with Gasteiger partial charge in [0.1, 0.15) is 28.6 Å². The third kappa shape index (κ3) is 4.24. The molecule has 0 aromatic heterocycles. The topological polar surface area (TPSA) is 99.5 Å². The van der Waals surface area contributed by atoms with Gasteiger partial charge in [-0.25, -0.2) is 0 Å². The number of benzene rings is 3. The predicted molar refractivity (Wildman–Crippen MR) is 140 cm³/mol. The van der Waals surface area contributed by atoms with Crippen LogP contribution in [-0.4, -0.2) is 49.2 Å². The van der Waals surface area contributed by atoms with Crippen LogP contribution in [0.15, 0.2) is 72.3 Å². The number of methoxy groups -OCH3 is 2. The molecule has 3 aromatic carbocycles. The number of rotatable bonds is 6. The highest BCUT2D eigenvalue weighted by atomic mass is 16.5. The SMILES string of the molecule is COc1cccc(OC)c1/C(O)=C1\C(=O)C(=O)N(c2ccc(N3CCCC3)cc2)C1c1ccc(O)cc1. The van der Waals surface area contributed by atoms with Gasteiger partial charge in [-0.15, -0.1) is 0 Å². The Balaban J connectivity index is 1.68. The van der Waals surface area contributed by atoms with E-state index < -0.39 is 23.5 Å². The molecule has 2 fully saturated rings. The van der Waals surface area contributed by atoms with Crippen LogP contribution in [0.25, 0.3) is 5.76 Å². The number of hydrogen-bond acceptors (Lipinski definition) is 7. The summed E-state index contributed by atoms with van der Waals surface area (Å²) in [7, 11) is 2.90. The minimum absolute atomic E-state index is 0.0436. The van der Waals surface area contributed by atoms with Crippen LogP contribution < -0.4 is 19.3 Å². The number of ether oxygens (including phenoxy) is 2. The second-order valence-electron chi connectivity index (χ2n) is 9.01. The Morgan fingerprint density at radius 1 is 0.838 bits per heavy atom. The van der Waals surface area contributed by atoms with E-state index in [1.807, 2.05) is 24.3 Å². The van der Waals surface area contributed by atoms with Crippen molar-refractivity contribution >= 4 is 28.8 Å². The molecule has 1 atom stereocenters. The van der Waals surface area contributed by atoms with Crippen molar-refractivity contribution in [2.24, 2.45) is 0 Å². The van der Waals surface area contributed by atoms with E-state index in [9.17, 15) is 19.8 Å². The van der Waals surface area contributed by atoms with Crippen LogP contribution in [-0.2, 0) is 9.59 Å². The third-order valence-corrected chi connectivity index (χ3v) is 6.92. The van der Waals surface area contributed by atoms with E-state index in [0.717, 1.165) is 31.6 Å². The average molecular weight is 501 g/mol. The number of phenols is 1. The zero-order chi connectivity index (χ0) is 26.1. The number of aromatic hydroxyl groups is 1. The van der Waals surface area contributed by atoms with Gasteiger partial charge in [0.2, 0.25) is 0 Å². The monoisotopic (exact) mass is 500 g/mol. The number of ketones is 1. The second kappa shape index (κ2) is 9.89. The van der Waals surface area contributed by atoms with Gasteiger partial charge in [0, 0.05) is 24.5 Å². The molecule has 0 saturated carbocycles. The minimum Gasteiger partial charge on any atom is -0.508 e. The van der Waals surface area contributed by atoms with Crippen LogP contribution in [0.3, 0.4) is 0 Å². The summed E-state index contributed by atoms with van der Waals surface area (Å²) in [6, 6.07) is 17.8. The van der Waals surface area contributed by atoms with Gasteiger partial charge in [0.15, 0.2) is 0 Å². The van der Waals surface area contributed by atoms with Crippen molar-refractivity contribution in [3.63, 3.8) is 0 Å². The Labute approximate surface area is 215 Å². The second-order valence-corrected chi connectivity index (χ2v) is 9.01. The number of phenolic OH excluding ortho intramolecular Hbond substituents is 1. The molecule has 2 aliphatic rings. The highest BCUT2D eigenvalue weighted by Crippen LogP contribution is 2.45. The number of anilines is 2. The molecule has 5 rings (SSSR count). The Kier molecular flexibility index (Phi) is 6.48. The molecule has 2 N–H and O–H groups in total. The molecule has 2 saturated heterocycles. The van der Waals surface area contributed by atoms with Gasteiger partial charge in [0.25, 0.3) is 11.7 Å². The van der Waals surface area contributed by atoms with Crippen LogP contribution in [0.5, 0.6) is 17.2 Å². The number of carbonyl (C=O) groups is 2. The number of aliphatic hydroxyl groups excluding tert-OH is 1. The first-order chi connectivity index (χ1) is 17.9. The minimum atomic E-state index is -0.937. The average Bonchev–Trinajstić information content (AvgIpc) is 3.55. The molecule has 37 heavy (non-hydrogen) atoms. The number of amides is 1. The smallest absolute Gasteiger partial charge is 0.300 e. The standard InChI is InChI=1S/C29H28N2O6/c1-36-22-6-5-7-23(37-2)24(22)27(33)25-26(18-8-14-21(32)15-9-18)31(29(35)28(25)34)20-12-10-19(11-13-20)30-16-3-4-17-30/h5-15,26,32-33H,3-4,16-17H2,1-2H3/b27-25+. The molecule has 190 valence electrons. The predicted octanol–water partition coefficient (Wildman–Crippen LogP) is 4.64. The lowest BCUT2D eigenvalue weighted by Gasteiger charge is -2.26. The molecule has 0 radical (unpaired) electrons. The van der Waals surface area contributed by atoms with Gasteiger partial charge < -0.3 is 24.6 Å². The van der Waals surface area contributed by atoms with Crippen LogP contribution in [0, 0.1) is 0 Å². The van der Waals surface area contributed by atoms with Crippen molar-refractivity contribution in [3.8, 4) is 17.2 Å². The summed E-state index contributed by atoms with van der Waals surface area (Å²) in [5, 5.41) is 21.4. The fourth-order valence-corrected chi connectivity index (χ4v) is 5.09. The lowest BCUT2D eigenvalue weighted by Crippen LogP contribution is -2.29. The fourth-order valence-electron chi connectivity index (χ4n) is 5.09. The molecule has 8 heteroatoms. The van der Waals surface area contributed by atoms with E-state index in [4.69, 9.17) is 9.47 Å². The molecule has 1 amide bonds. The van der Waals surface area contributed by atoms with Gasteiger partial charge in [-0.2, -0.15) is 0 Å². The highest BCUT2D eigenvalue weighted by molar-refractivity contribution is 6.51. The quantitative estimate of drug-likeness (QED) is 0.289. The number of aliphatic hydroxyl groups is 1. The maximum Gasteiger partial charge on any atom is 0.300 e. The fraction of sp³-hybridized carbons (Fsp3) is 0.241. The number of Topliss-reactive ketones (excluding diaryl/α,β-unsaturated/α-hetero) is 1. The maximum atomic E-state index is 13.5. The summed E-state index contributed by atoms with van der Waals surface area (Å²) in [5.41, 5.74) is 2.21. The van der Waals surface area contributed by atoms with E-state index in [-0.39, 0.29) is 16.9 Å². The normalized spacial score (nSPS) is 18.9. The Morgan fingerprint density at radius 3 is 1.97 bits per heavy atom. The van der Waals surface area contributed by atoms with E-state index in [1.54, 1.807) is 30.3 Å². The van der Waals surface area contributed by atoms with E-state index in [0.29, 0.717) is 22.7 Å². The summed E-state index contributed by atoms with van der Waals surface area (Å²) >= 11 is 0. The molecule has 0 aliphatic carbocycles. The van der Waals surface area contributed by atoms with Crippen molar-refractivity contribution in [2.45, 2.75) is 18.9 Å². The Bertz CT molecular complexity index is 1340. The van der Waals surface area contributed by atoms with Crippen LogP contribution in [0.4, 0.5) is 11.4 Å². The van der Waals surface area contributed by atoms with E-state index in [1.165, 1.54) is 31.3 Å². The first-order valence-electron chi connectivity index (χ1n) is 12.1. The van der Waals surface area contributed by atoms with Gasteiger partial charge in [-0.3, -0.25) is 14.5 Å². The van der Waals surface area contributed by atoms with E-state index >= 15 is 0 Å². The third-order valence-electron chi connectivity index (χ3n) is 6.92. The van der Waals surface area contributed by atoms with Gasteiger partial charge in [-0.05, 0) is 66.9 Å². The summed E-state index contributed by atoms with van der Waals surface area (Å²) in [4.78, 5) is 30.6. The zero-order valence-corrected chi connectivity index (χ0v) is 20.7. The zero-order valence-electron chi connectivity index (χ0n) is 20.7. The first kappa shape index (κ1) is 24.2. The lowest BCUT2D eigenvalue weighted by atomic mass is 9.94. The number of nitrogens with zero attached hydrogens (tertiary/aromatic N) is 2. The molecule has 2 heterocycles. The number of carbonyl (C=O) groups excluding carboxylic acids is 2. The van der Waals surface area contributed by atoms with Crippen LogP contribution in [0.1, 0.15) is 30.0 Å². The van der Waals surface area contributed by atoms with Gasteiger partial charge >= 0.3 is 0 Å². The largest absolute Gasteiger partial charge is 0.508 e. The van der Waals surface area contributed by atoms with Crippen molar-refractivity contribution in [1.82, 2.24) is 0 Å².